The number of anilines is 1. The number of hydrogen-bond donors (Lipinski definition) is 1. The highest BCUT2D eigenvalue weighted by atomic mass is 32.2. The van der Waals surface area contributed by atoms with Gasteiger partial charge in [0.1, 0.15) is 5.69 Å². The maximum Gasteiger partial charge on any atom is 0.239 e. The number of ether oxygens (including phenoxy) is 1. The first-order valence-corrected chi connectivity index (χ1v) is 7.06. The Morgan fingerprint density at radius 2 is 2.22 bits per heavy atom. The lowest BCUT2D eigenvalue weighted by Crippen LogP contribution is -2.26. The van der Waals surface area contributed by atoms with Crippen molar-refractivity contribution in [2.45, 2.75) is 18.9 Å². The minimum absolute atomic E-state index is 0.246. The molecule has 18 heavy (non-hydrogen) atoms. The number of sulfonamides is 1. The van der Waals surface area contributed by atoms with Crippen molar-refractivity contribution in [2.75, 3.05) is 17.1 Å². The molecule has 1 aromatic rings. The van der Waals surface area contributed by atoms with Crippen LogP contribution < -0.4 is 4.72 Å². The number of nitrogens with zero attached hydrogens (tertiary/aromatic N) is 1. The molecule has 0 radical (unpaired) electrons. The van der Waals surface area contributed by atoms with Crippen LogP contribution in [0.25, 0.3) is 0 Å². The number of nitrogens with one attached hydrogen (secondary N) is 1. The molecule has 0 saturated carbocycles. The van der Waals surface area contributed by atoms with E-state index in [0.717, 1.165) is 18.6 Å². The molecule has 0 spiro atoms. The van der Waals surface area contributed by atoms with Crippen LogP contribution in [-0.4, -0.2) is 31.9 Å². The summed E-state index contributed by atoms with van der Waals surface area (Å²) in [5.74, 6) is -2.44. The van der Waals surface area contributed by atoms with Crippen molar-refractivity contribution in [3.63, 3.8) is 0 Å². The van der Waals surface area contributed by atoms with Crippen LogP contribution >= 0.6 is 0 Å². The fourth-order valence-corrected chi connectivity index (χ4v) is 3.04. The SMILES string of the molecule is O=S(=O)(CC1CCCO1)Nc1ccc(F)nc1F. The highest BCUT2D eigenvalue weighted by molar-refractivity contribution is 7.92. The molecule has 2 rings (SSSR count). The van der Waals surface area contributed by atoms with Gasteiger partial charge in [-0.25, -0.2) is 8.42 Å². The van der Waals surface area contributed by atoms with Gasteiger partial charge in [-0.1, -0.05) is 0 Å². The van der Waals surface area contributed by atoms with Gasteiger partial charge in [-0.05, 0) is 25.0 Å². The molecule has 8 heteroatoms. The summed E-state index contributed by atoms with van der Waals surface area (Å²) in [6.45, 7) is 0.534. The summed E-state index contributed by atoms with van der Waals surface area (Å²) in [4.78, 5) is 2.90. The molecule has 1 saturated heterocycles. The zero-order chi connectivity index (χ0) is 13.2. The Labute approximate surface area is 103 Å². The third-order valence-corrected chi connectivity index (χ3v) is 3.85. The van der Waals surface area contributed by atoms with Gasteiger partial charge < -0.3 is 4.74 Å². The van der Waals surface area contributed by atoms with Crippen molar-refractivity contribution in [1.29, 1.82) is 0 Å². The van der Waals surface area contributed by atoms with E-state index in [1.165, 1.54) is 0 Å². The van der Waals surface area contributed by atoms with Gasteiger partial charge in [0, 0.05) is 6.61 Å². The van der Waals surface area contributed by atoms with Crippen molar-refractivity contribution in [3.8, 4) is 0 Å². The zero-order valence-electron chi connectivity index (χ0n) is 9.40. The fraction of sp³-hybridized carbons (Fsp3) is 0.500. The van der Waals surface area contributed by atoms with E-state index in [4.69, 9.17) is 4.74 Å². The second kappa shape index (κ2) is 5.15. The molecule has 1 aromatic heterocycles. The van der Waals surface area contributed by atoms with Gasteiger partial charge in [-0.15, -0.1) is 0 Å². The Bertz CT molecular complexity index is 530. The van der Waals surface area contributed by atoms with Crippen LogP contribution in [0.1, 0.15) is 12.8 Å². The highest BCUT2D eigenvalue weighted by Gasteiger charge is 2.24. The third-order valence-electron chi connectivity index (χ3n) is 2.51. The Kier molecular flexibility index (Phi) is 3.76. The number of hydrogen-bond acceptors (Lipinski definition) is 4. The maximum absolute atomic E-state index is 13.2. The summed E-state index contributed by atoms with van der Waals surface area (Å²) in [5, 5.41) is 0. The van der Waals surface area contributed by atoms with E-state index in [2.05, 4.69) is 4.98 Å². The van der Waals surface area contributed by atoms with E-state index in [0.29, 0.717) is 13.0 Å². The molecule has 1 atom stereocenters. The van der Waals surface area contributed by atoms with Crippen LogP contribution in [-0.2, 0) is 14.8 Å². The minimum atomic E-state index is -3.73. The van der Waals surface area contributed by atoms with E-state index in [9.17, 15) is 17.2 Å². The molecule has 1 N–H and O–H groups in total. The number of rotatable bonds is 4. The maximum atomic E-state index is 13.2. The van der Waals surface area contributed by atoms with Gasteiger partial charge >= 0.3 is 0 Å². The van der Waals surface area contributed by atoms with Gasteiger partial charge in [-0.3, -0.25) is 4.72 Å². The molecule has 1 fully saturated rings. The Morgan fingerprint density at radius 3 is 2.83 bits per heavy atom. The summed E-state index contributed by atoms with van der Waals surface area (Å²) < 4.78 is 56.4. The number of pyridine rings is 1. The van der Waals surface area contributed by atoms with Gasteiger partial charge in [0.15, 0.2) is 0 Å². The first kappa shape index (κ1) is 13.2. The highest BCUT2D eigenvalue weighted by Crippen LogP contribution is 2.17. The summed E-state index contributed by atoms with van der Waals surface area (Å²) in [6, 6.07) is 1.87. The van der Waals surface area contributed by atoms with E-state index in [1.807, 2.05) is 4.72 Å². The smallest absolute Gasteiger partial charge is 0.239 e. The third kappa shape index (κ3) is 3.36. The van der Waals surface area contributed by atoms with Gasteiger partial charge in [0.2, 0.25) is 21.9 Å². The summed E-state index contributed by atoms with van der Waals surface area (Å²) >= 11 is 0. The van der Waals surface area contributed by atoms with Gasteiger partial charge in [0.05, 0.1) is 11.9 Å². The van der Waals surface area contributed by atoms with Crippen molar-refractivity contribution >= 4 is 15.7 Å². The molecule has 100 valence electrons. The molecular weight excluding hydrogens is 266 g/mol. The first-order valence-electron chi connectivity index (χ1n) is 5.40. The van der Waals surface area contributed by atoms with Crippen LogP contribution in [0, 0.1) is 11.9 Å². The molecule has 1 aliphatic rings. The predicted octanol–water partition coefficient (Wildman–Crippen LogP) is 1.28. The molecular formula is C10H12F2N2O3S. The minimum Gasteiger partial charge on any atom is -0.377 e. The average Bonchev–Trinajstić information content (AvgIpc) is 2.74. The van der Waals surface area contributed by atoms with Crippen molar-refractivity contribution < 1.29 is 21.9 Å². The average molecular weight is 278 g/mol. The van der Waals surface area contributed by atoms with Crippen molar-refractivity contribution in [2.24, 2.45) is 0 Å². The molecule has 0 aromatic carbocycles. The molecule has 0 amide bonds. The van der Waals surface area contributed by atoms with Crippen LogP contribution in [0.2, 0.25) is 0 Å². The molecule has 1 unspecified atom stereocenters. The van der Waals surface area contributed by atoms with Crippen LogP contribution in [0.15, 0.2) is 12.1 Å². The first-order chi connectivity index (χ1) is 8.46. The van der Waals surface area contributed by atoms with E-state index >= 15 is 0 Å². The standard InChI is InChI=1S/C10H12F2N2O3S/c11-9-4-3-8(10(12)13-9)14-18(15,16)6-7-2-1-5-17-7/h3-4,7,14H,1-2,5-6H2. The van der Waals surface area contributed by atoms with Gasteiger partial charge in [0.25, 0.3) is 0 Å². The van der Waals surface area contributed by atoms with Gasteiger partial charge in [-0.2, -0.15) is 13.8 Å². The molecule has 0 bridgehead atoms. The second-order valence-corrected chi connectivity index (χ2v) is 5.76. The predicted molar refractivity (Wildman–Crippen MR) is 60.5 cm³/mol. The lowest BCUT2D eigenvalue weighted by atomic mass is 10.3. The summed E-state index contributed by atoms with van der Waals surface area (Å²) in [5.41, 5.74) is -0.366. The topological polar surface area (TPSA) is 68.3 Å². The second-order valence-electron chi connectivity index (χ2n) is 3.99. The summed E-state index contributed by atoms with van der Waals surface area (Å²) in [7, 11) is -3.73. The zero-order valence-corrected chi connectivity index (χ0v) is 10.2. The van der Waals surface area contributed by atoms with Crippen LogP contribution in [0.4, 0.5) is 14.5 Å². The molecule has 0 aliphatic carbocycles. The quantitative estimate of drug-likeness (QED) is 0.842. The number of halogens is 2. The fourth-order valence-electron chi connectivity index (χ4n) is 1.72. The van der Waals surface area contributed by atoms with E-state index in [1.54, 1.807) is 0 Å². The summed E-state index contributed by atoms with van der Waals surface area (Å²) in [6.07, 6.45) is 1.09. The Hall–Kier alpha value is -1.28. The largest absolute Gasteiger partial charge is 0.377 e. The lowest BCUT2D eigenvalue weighted by Gasteiger charge is -2.12. The number of aromatic nitrogens is 1. The van der Waals surface area contributed by atoms with Crippen LogP contribution in [0.5, 0.6) is 0 Å². The van der Waals surface area contributed by atoms with E-state index in [-0.39, 0.29) is 17.5 Å². The van der Waals surface area contributed by atoms with Crippen molar-refractivity contribution in [3.05, 3.63) is 24.0 Å². The lowest BCUT2D eigenvalue weighted by molar-refractivity contribution is 0.127. The monoisotopic (exact) mass is 278 g/mol. The molecule has 2 heterocycles. The normalized spacial score (nSPS) is 20.0. The van der Waals surface area contributed by atoms with Crippen LogP contribution in [0.3, 0.4) is 0 Å². The van der Waals surface area contributed by atoms with E-state index < -0.39 is 21.9 Å². The Morgan fingerprint density at radius 1 is 1.44 bits per heavy atom. The Balaban J connectivity index is 2.07. The molecule has 1 aliphatic heterocycles. The molecule has 5 nitrogen and oxygen atoms in total. The van der Waals surface area contributed by atoms with Crippen molar-refractivity contribution in [1.82, 2.24) is 4.98 Å².